The van der Waals surface area contributed by atoms with Crippen molar-refractivity contribution < 1.29 is 14.4 Å². The Bertz CT molecular complexity index is 1450. The maximum absolute atomic E-state index is 13.6. The van der Waals surface area contributed by atoms with Gasteiger partial charge in [0, 0.05) is 34.4 Å². The fraction of sp³-hybridized carbons (Fsp3) is 0.148. The van der Waals surface area contributed by atoms with Gasteiger partial charge in [-0.1, -0.05) is 42.3 Å². The molecule has 5 rings (SSSR count). The summed E-state index contributed by atoms with van der Waals surface area (Å²) in [6.07, 6.45) is 5.42. The number of piperazine rings is 1. The Hall–Kier alpha value is -3.93. The minimum Gasteiger partial charge on any atom is -0.328 e. The van der Waals surface area contributed by atoms with E-state index in [1.54, 1.807) is 27.7 Å². The SMILES string of the molecule is C#Cc1cc(C(=O)N2CCN(C(C(=O)Nc3ccccc3)c3csc4ccccc34)C(=O)C2)cs1. The molecule has 2 aromatic carbocycles. The van der Waals surface area contributed by atoms with Gasteiger partial charge in [0.05, 0.1) is 10.4 Å². The number of hydrogen-bond donors (Lipinski definition) is 1. The van der Waals surface area contributed by atoms with Gasteiger partial charge in [-0.15, -0.1) is 29.1 Å². The molecular formula is C27H21N3O3S2. The molecular weight excluding hydrogens is 478 g/mol. The quantitative estimate of drug-likeness (QED) is 0.408. The van der Waals surface area contributed by atoms with E-state index >= 15 is 0 Å². The highest BCUT2D eigenvalue weighted by atomic mass is 32.1. The molecule has 0 aliphatic carbocycles. The summed E-state index contributed by atoms with van der Waals surface area (Å²) in [5.41, 5.74) is 1.92. The predicted molar refractivity (Wildman–Crippen MR) is 140 cm³/mol. The predicted octanol–water partition coefficient (Wildman–Crippen LogP) is 4.61. The van der Waals surface area contributed by atoms with E-state index in [0.717, 1.165) is 15.6 Å². The highest BCUT2D eigenvalue weighted by Crippen LogP contribution is 2.35. The number of thiophene rings is 2. The maximum atomic E-state index is 13.6. The van der Waals surface area contributed by atoms with E-state index in [1.165, 1.54) is 16.2 Å². The number of terminal acetylenes is 1. The van der Waals surface area contributed by atoms with Gasteiger partial charge >= 0.3 is 0 Å². The average Bonchev–Trinajstić information content (AvgIpc) is 3.53. The summed E-state index contributed by atoms with van der Waals surface area (Å²) in [7, 11) is 0. The van der Waals surface area contributed by atoms with Crippen molar-refractivity contribution in [2.24, 2.45) is 0 Å². The van der Waals surface area contributed by atoms with Gasteiger partial charge in [-0.3, -0.25) is 14.4 Å². The molecule has 1 atom stereocenters. The van der Waals surface area contributed by atoms with E-state index in [0.29, 0.717) is 22.7 Å². The third kappa shape index (κ3) is 4.56. The molecule has 1 unspecified atom stereocenters. The number of benzene rings is 2. The average molecular weight is 500 g/mol. The fourth-order valence-electron chi connectivity index (χ4n) is 4.23. The molecule has 174 valence electrons. The zero-order valence-corrected chi connectivity index (χ0v) is 20.3. The Morgan fingerprint density at radius 3 is 2.51 bits per heavy atom. The summed E-state index contributed by atoms with van der Waals surface area (Å²) in [6, 6.07) is 17.9. The molecule has 3 amide bonds. The van der Waals surface area contributed by atoms with Crippen molar-refractivity contribution in [1.82, 2.24) is 9.80 Å². The summed E-state index contributed by atoms with van der Waals surface area (Å²) in [4.78, 5) is 43.6. The van der Waals surface area contributed by atoms with Gasteiger partial charge < -0.3 is 15.1 Å². The lowest BCUT2D eigenvalue weighted by Gasteiger charge is -2.38. The molecule has 1 aliphatic heterocycles. The van der Waals surface area contributed by atoms with E-state index in [9.17, 15) is 14.4 Å². The highest BCUT2D eigenvalue weighted by Gasteiger charge is 2.37. The molecule has 0 saturated carbocycles. The van der Waals surface area contributed by atoms with Crippen molar-refractivity contribution >= 4 is 56.2 Å². The number of nitrogens with zero attached hydrogens (tertiary/aromatic N) is 2. The molecule has 1 saturated heterocycles. The largest absolute Gasteiger partial charge is 0.328 e. The lowest BCUT2D eigenvalue weighted by molar-refractivity contribution is -0.142. The normalized spacial score (nSPS) is 14.5. The van der Waals surface area contributed by atoms with Gasteiger partial charge in [-0.2, -0.15) is 0 Å². The van der Waals surface area contributed by atoms with E-state index in [1.807, 2.05) is 60.0 Å². The van der Waals surface area contributed by atoms with Crippen LogP contribution in [0.2, 0.25) is 0 Å². The minimum atomic E-state index is -0.815. The van der Waals surface area contributed by atoms with Crippen molar-refractivity contribution in [3.8, 4) is 12.3 Å². The Kier molecular flexibility index (Phi) is 6.36. The van der Waals surface area contributed by atoms with E-state index < -0.39 is 6.04 Å². The molecule has 0 radical (unpaired) electrons. The first-order chi connectivity index (χ1) is 17.0. The van der Waals surface area contributed by atoms with Crippen LogP contribution >= 0.6 is 22.7 Å². The smallest absolute Gasteiger partial charge is 0.255 e. The third-order valence-corrected chi connectivity index (χ3v) is 7.78. The molecule has 6 nitrogen and oxygen atoms in total. The van der Waals surface area contributed by atoms with Crippen LogP contribution in [0.1, 0.15) is 26.8 Å². The first-order valence-electron chi connectivity index (χ1n) is 11.0. The van der Waals surface area contributed by atoms with Gasteiger partial charge in [-0.25, -0.2) is 0 Å². The zero-order valence-electron chi connectivity index (χ0n) is 18.6. The number of hydrogen-bond acceptors (Lipinski definition) is 5. The number of para-hydroxylation sites is 1. The number of carbonyl (C=O) groups excluding carboxylic acids is 3. The van der Waals surface area contributed by atoms with Crippen LogP contribution in [-0.2, 0) is 9.59 Å². The van der Waals surface area contributed by atoms with E-state index in [4.69, 9.17) is 6.42 Å². The molecule has 2 aromatic heterocycles. The second kappa shape index (κ2) is 9.74. The molecule has 1 fully saturated rings. The lowest BCUT2D eigenvalue weighted by atomic mass is 10.0. The van der Waals surface area contributed by atoms with Crippen molar-refractivity contribution in [1.29, 1.82) is 0 Å². The molecule has 35 heavy (non-hydrogen) atoms. The molecule has 8 heteroatoms. The van der Waals surface area contributed by atoms with Crippen molar-refractivity contribution in [2.45, 2.75) is 6.04 Å². The second-order valence-electron chi connectivity index (χ2n) is 8.10. The highest BCUT2D eigenvalue weighted by molar-refractivity contribution is 7.17. The van der Waals surface area contributed by atoms with Gasteiger partial charge in [0.15, 0.2) is 0 Å². The van der Waals surface area contributed by atoms with Crippen LogP contribution in [0.25, 0.3) is 10.1 Å². The summed E-state index contributed by atoms with van der Waals surface area (Å²) in [5, 5.41) is 7.55. The summed E-state index contributed by atoms with van der Waals surface area (Å²) >= 11 is 2.86. The number of nitrogens with one attached hydrogen (secondary N) is 1. The summed E-state index contributed by atoms with van der Waals surface area (Å²) in [6.45, 7) is 0.466. The van der Waals surface area contributed by atoms with Crippen LogP contribution in [0.5, 0.6) is 0 Å². The van der Waals surface area contributed by atoms with E-state index in [-0.39, 0.29) is 30.8 Å². The van der Waals surface area contributed by atoms with Crippen LogP contribution in [0, 0.1) is 12.3 Å². The summed E-state index contributed by atoms with van der Waals surface area (Å²) < 4.78 is 1.04. The van der Waals surface area contributed by atoms with Crippen molar-refractivity contribution in [3.63, 3.8) is 0 Å². The Labute approximate surface area is 210 Å². The van der Waals surface area contributed by atoms with Crippen LogP contribution in [0.3, 0.4) is 0 Å². The fourth-order valence-corrected chi connectivity index (χ4v) is 5.90. The first-order valence-corrected chi connectivity index (χ1v) is 12.8. The standard InChI is InChI=1S/C27H21N3O3S2/c1-2-20-14-18(16-34-20)27(33)29-12-13-30(24(31)15-29)25(26(32)28-19-8-4-3-5-9-19)22-17-35-23-11-7-6-10-21(22)23/h1,3-11,14,16-17,25H,12-13,15H2,(H,28,32). The Morgan fingerprint density at radius 1 is 1.00 bits per heavy atom. The molecule has 4 aromatic rings. The Morgan fingerprint density at radius 2 is 1.77 bits per heavy atom. The lowest BCUT2D eigenvalue weighted by Crippen LogP contribution is -2.54. The van der Waals surface area contributed by atoms with Gasteiger partial charge in [0.2, 0.25) is 5.91 Å². The second-order valence-corrected chi connectivity index (χ2v) is 9.93. The molecule has 1 aliphatic rings. The summed E-state index contributed by atoms with van der Waals surface area (Å²) in [5.74, 6) is 1.73. The molecule has 3 heterocycles. The first kappa shape index (κ1) is 22.8. The van der Waals surface area contributed by atoms with Crippen LogP contribution in [0.15, 0.2) is 71.4 Å². The number of anilines is 1. The van der Waals surface area contributed by atoms with Gasteiger partial charge in [0.25, 0.3) is 11.8 Å². The number of rotatable bonds is 5. The minimum absolute atomic E-state index is 0.0999. The van der Waals surface area contributed by atoms with Crippen molar-refractivity contribution in [2.75, 3.05) is 25.0 Å². The topological polar surface area (TPSA) is 69.7 Å². The molecule has 0 bridgehead atoms. The number of amides is 3. The van der Waals surface area contributed by atoms with Crippen molar-refractivity contribution in [3.05, 3.63) is 87.4 Å². The van der Waals surface area contributed by atoms with Crippen LogP contribution in [0.4, 0.5) is 5.69 Å². The zero-order chi connectivity index (χ0) is 24.4. The Balaban J connectivity index is 1.43. The third-order valence-electron chi connectivity index (χ3n) is 5.94. The van der Waals surface area contributed by atoms with Gasteiger partial charge in [-0.05, 0) is 35.0 Å². The maximum Gasteiger partial charge on any atom is 0.255 e. The van der Waals surface area contributed by atoms with Crippen LogP contribution in [-0.4, -0.2) is 47.2 Å². The molecule has 1 N–H and O–H groups in total. The molecule has 0 spiro atoms. The monoisotopic (exact) mass is 499 g/mol. The number of carbonyl (C=O) groups is 3. The number of fused-ring (bicyclic) bond motifs is 1. The van der Waals surface area contributed by atoms with Gasteiger partial charge in [0.1, 0.15) is 12.6 Å². The van der Waals surface area contributed by atoms with Crippen LogP contribution < -0.4 is 5.32 Å². The van der Waals surface area contributed by atoms with E-state index in [2.05, 4.69) is 11.2 Å².